The van der Waals surface area contributed by atoms with Gasteiger partial charge in [0.25, 0.3) is 0 Å². The third-order valence-electron chi connectivity index (χ3n) is 5.25. The minimum atomic E-state index is -0.863. The second-order valence-electron chi connectivity index (χ2n) is 7.08. The number of carboxylic acid groups (broad SMARTS) is 1. The maximum absolute atomic E-state index is 11.3. The van der Waals surface area contributed by atoms with Crippen LogP contribution in [-0.2, 0) is 6.54 Å². The summed E-state index contributed by atoms with van der Waals surface area (Å²) >= 11 is 0. The third kappa shape index (κ3) is 3.93. The summed E-state index contributed by atoms with van der Waals surface area (Å²) in [6.07, 6.45) is 5.98. The van der Waals surface area contributed by atoms with Crippen molar-refractivity contribution >= 4 is 5.97 Å². The molecule has 1 aliphatic rings. The van der Waals surface area contributed by atoms with Crippen molar-refractivity contribution in [3.63, 3.8) is 0 Å². The SMILES string of the molecule is O=C(O)c1cccc(C2CCCN(Cc3ccccc3-n3cccn3)C2)c1. The third-order valence-corrected chi connectivity index (χ3v) is 5.25. The summed E-state index contributed by atoms with van der Waals surface area (Å²) in [4.78, 5) is 13.7. The number of benzene rings is 2. The van der Waals surface area contributed by atoms with E-state index >= 15 is 0 Å². The Morgan fingerprint density at radius 2 is 2.04 bits per heavy atom. The lowest BCUT2D eigenvalue weighted by atomic mass is 9.89. The van der Waals surface area contributed by atoms with Crippen LogP contribution in [0.5, 0.6) is 0 Å². The minimum absolute atomic E-state index is 0.369. The number of piperidine rings is 1. The number of rotatable bonds is 5. The molecule has 0 spiro atoms. The normalized spacial score (nSPS) is 17.7. The molecular formula is C22H23N3O2. The van der Waals surface area contributed by atoms with E-state index in [4.69, 9.17) is 0 Å². The molecule has 1 fully saturated rings. The van der Waals surface area contributed by atoms with Gasteiger partial charge in [-0.15, -0.1) is 0 Å². The molecule has 5 nitrogen and oxygen atoms in total. The van der Waals surface area contributed by atoms with E-state index in [1.54, 1.807) is 12.3 Å². The number of likely N-dealkylation sites (tertiary alicyclic amines) is 1. The zero-order valence-corrected chi connectivity index (χ0v) is 15.2. The van der Waals surface area contributed by atoms with Crippen LogP contribution in [0.15, 0.2) is 67.0 Å². The summed E-state index contributed by atoms with van der Waals surface area (Å²) < 4.78 is 1.91. The van der Waals surface area contributed by atoms with Crippen molar-refractivity contribution in [2.75, 3.05) is 13.1 Å². The maximum atomic E-state index is 11.3. The van der Waals surface area contributed by atoms with E-state index in [1.807, 2.05) is 35.1 Å². The zero-order valence-electron chi connectivity index (χ0n) is 15.2. The van der Waals surface area contributed by atoms with Gasteiger partial charge in [0.2, 0.25) is 0 Å². The lowest BCUT2D eigenvalue weighted by molar-refractivity contribution is 0.0696. The monoisotopic (exact) mass is 361 g/mol. The number of para-hydroxylation sites is 1. The van der Waals surface area contributed by atoms with Crippen molar-refractivity contribution in [3.05, 3.63) is 83.7 Å². The number of aromatic carboxylic acids is 1. The number of carbonyl (C=O) groups is 1. The first kappa shape index (κ1) is 17.5. The van der Waals surface area contributed by atoms with Crippen LogP contribution in [0.25, 0.3) is 5.69 Å². The van der Waals surface area contributed by atoms with Crippen LogP contribution < -0.4 is 0 Å². The van der Waals surface area contributed by atoms with Crippen molar-refractivity contribution in [1.82, 2.24) is 14.7 Å². The molecule has 5 heteroatoms. The van der Waals surface area contributed by atoms with Crippen LogP contribution in [0.1, 0.15) is 40.2 Å². The minimum Gasteiger partial charge on any atom is -0.478 e. The Morgan fingerprint density at radius 3 is 2.85 bits per heavy atom. The fraction of sp³-hybridized carbons (Fsp3) is 0.273. The summed E-state index contributed by atoms with van der Waals surface area (Å²) in [6.45, 7) is 2.87. The van der Waals surface area contributed by atoms with Crippen molar-refractivity contribution in [3.8, 4) is 5.69 Å². The molecule has 0 aliphatic carbocycles. The first-order valence-electron chi connectivity index (χ1n) is 9.34. The van der Waals surface area contributed by atoms with Gasteiger partial charge in [0.15, 0.2) is 0 Å². The van der Waals surface area contributed by atoms with Gasteiger partial charge in [-0.3, -0.25) is 4.90 Å². The van der Waals surface area contributed by atoms with E-state index in [1.165, 1.54) is 5.56 Å². The summed E-state index contributed by atoms with van der Waals surface area (Å²) in [7, 11) is 0. The highest BCUT2D eigenvalue weighted by atomic mass is 16.4. The highest BCUT2D eigenvalue weighted by Gasteiger charge is 2.23. The van der Waals surface area contributed by atoms with Gasteiger partial charge in [-0.05, 0) is 60.7 Å². The molecule has 4 rings (SSSR count). The first-order valence-corrected chi connectivity index (χ1v) is 9.34. The molecule has 1 aliphatic heterocycles. The fourth-order valence-electron chi connectivity index (χ4n) is 3.92. The van der Waals surface area contributed by atoms with Crippen LogP contribution in [0, 0.1) is 0 Å². The van der Waals surface area contributed by atoms with Crippen molar-refractivity contribution in [2.24, 2.45) is 0 Å². The molecule has 27 heavy (non-hydrogen) atoms. The van der Waals surface area contributed by atoms with Crippen LogP contribution in [-0.4, -0.2) is 38.8 Å². The number of aromatic nitrogens is 2. The quantitative estimate of drug-likeness (QED) is 0.748. The van der Waals surface area contributed by atoms with Crippen LogP contribution >= 0.6 is 0 Å². The van der Waals surface area contributed by atoms with Gasteiger partial charge in [0.05, 0.1) is 11.3 Å². The summed E-state index contributed by atoms with van der Waals surface area (Å²) in [5, 5.41) is 13.6. The molecule has 0 saturated carbocycles. The Labute approximate surface area is 158 Å². The number of nitrogens with zero attached hydrogens (tertiary/aromatic N) is 3. The van der Waals surface area contributed by atoms with E-state index in [0.29, 0.717) is 11.5 Å². The highest BCUT2D eigenvalue weighted by Crippen LogP contribution is 2.29. The first-order chi connectivity index (χ1) is 13.2. The molecule has 0 radical (unpaired) electrons. The molecule has 2 aromatic carbocycles. The van der Waals surface area contributed by atoms with Gasteiger partial charge >= 0.3 is 5.97 Å². The van der Waals surface area contributed by atoms with Gasteiger partial charge in [-0.25, -0.2) is 9.48 Å². The number of hydrogen-bond donors (Lipinski definition) is 1. The molecule has 138 valence electrons. The summed E-state index contributed by atoms with van der Waals surface area (Å²) in [6, 6.07) is 17.7. The van der Waals surface area contributed by atoms with E-state index in [-0.39, 0.29) is 0 Å². The van der Waals surface area contributed by atoms with Crippen molar-refractivity contribution in [2.45, 2.75) is 25.3 Å². The van der Waals surface area contributed by atoms with Gasteiger partial charge in [0, 0.05) is 25.5 Å². The zero-order chi connectivity index (χ0) is 18.6. The van der Waals surface area contributed by atoms with Gasteiger partial charge in [0.1, 0.15) is 0 Å². The fourth-order valence-corrected chi connectivity index (χ4v) is 3.92. The highest BCUT2D eigenvalue weighted by molar-refractivity contribution is 5.87. The lowest BCUT2D eigenvalue weighted by Gasteiger charge is -2.33. The molecular weight excluding hydrogens is 338 g/mol. The van der Waals surface area contributed by atoms with E-state index in [0.717, 1.165) is 43.7 Å². The van der Waals surface area contributed by atoms with Crippen LogP contribution in [0.3, 0.4) is 0 Å². The van der Waals surface area contributed by atoms with Crippen LogP contribution in [0.2, 0.25) is 0 Å². The van der Waals surface area contributed by atoms with Gasteiger partial charge in [-0.2, -0.15) is 5.10 Å². The Bertz CT molecular complexity index is 921. The molecule has 0 bridgehead atoms. The average Bonchev–Trinajstić information content (AvgIpc) is 3.23. The van der Waals surface area contributed by atoms with Crippen LogP contribution in [0.4, 0.5) is 0 Å². The lowest BCUT2D eigenvalue weighted by Crippen LogP contribution is -2.34. The maximum Gasteiger partial charge on any atom is 0.335 e. The predicted molar refractivity (Wildman–Crippen MR) is 104 cm³/mol. The Kier molecular flexibility index (Phi) is 5.03. The molecule has 1 saturated heterocycles. The van der Waals surface area contributed by atoms with Gasteiger partial charge in [-0.1, -0.05) is 30.3 Å². The molecule has 1 atom stereocenters. The van der Waals surface area contributed by atoms with E-state index < -0.39 is 5.97 Å². The predicted octanol–water partition coefficient (Wildman–Crippen LogP) is 3.95. The Balaban J connectivity index is 1.52. The number of hydrogen-bond acceptors (Lipinski definition) is 3. The van der Waals surface area contributed by atoms with Crippen molar-refractivity contribution < 1.29 is 9.90 Å². The molecule has 0 amide bonds. The molecule has 1 N–H and O–H groups in total. The summed E-state index contributed by atoms with van der Waals surface area (Å²) in [5.74, 6) is -0.493. The Hall–Kier alpha value is -2.92. The molecule has 2 heterocycles. The number of carboxylic acids is 1. The second kappa shape index (κ2) is 7.76. The molecule has 1 aromatic heterocycles. The largest absolute Gasteiger partial charge is 0.478 e. The second-order valence-corrected chi connectivity index (χ2v) is 7.08. The topological polar surface area (TPSA) is 58.4 Å². The van der Waals surface area contributed by atoms with Gasteiger partial charge < -0.3 is 5.11 Å². The molecule has 3 aromatic rings. The van der Waals surface area contributed by atoms with Crippen molar-refractivity contribution in [1.29, 1.82) is 0 Å². The average molecular weight is 361 g/mol. The smallest absolute Gasteiger partial charge is 0.335 e. The van der Waals surface area contributed by atoms with E-state index in [2.05, 4.69) is 34.3 Å². The standard InChI is InChI=1S/C22H23N3O2/c26-22(27)18-8-3-7-17(14-18)19-9-4-12-24(15-19)16-20-6-1-2-10-21(20)25-13-5-11-23-25/h1-3,5-8,10-11,13-14,19H,4,9,12,15-16H2,(H,26,27). The summed E-state index contributed by atoms with van der Waals surface area (Å²) in [5.41, 5.74) is 3.85. The Morgan fingerprint density at radius 1 is 1.15 bits per heavy atom. The molecule has 1 unspecified atom stereocenters. The van der Waals surface area contributed by atoms with E-state index in [9.17, 15) is 9.90 Å².